The van der Waals surface area contributed by atoms with Crippen LogP contribution in [0.1, 0.15) is 37.3 Å². The number of Topliss-reactive ketones (excluding diaryl/α,β-unsaturated/α-hetero) is 1. The van der Waals surface area contributed by atoms with Gasteiger partial charge in [-0.2, -0.15) is 13.2 Å². The van der Waals surface area contributed by atoms with Gasteiger partial charge in [-0.25, -0.2) is 0 Å². The zero-order valence-electron chi connectivity index (χ0n) is 9.14. The first-order valence-corrected chi connectivity index (χ1v) is 4.97. The third-order valence-corrected chi connectivity index (χ3v) is 2.38. The fraction of sp³-hybridized carbons (Fsp3) is 0.417. The van der Waals surface area contributed by atoms with Gasteiger partial charge in [0.05, 0.1) is 5.56 Å². The van der Waals surface area contributed by atoms with Crippen molar-refractivity contribution in [1.29, 1.82) is 0 Å². The van der Waals surface area contributed by atoms with Crippen molar-refractivity contribution >= 4 is 5.78 Å². The van der Waals surface area contributed by atoms with Crippen molar-refractivity contribution in [3.05, 3.63) is 35.4 Å². The number of rotatable bonds is 3. The van der Waals surface area contributed by atoms with E-state index in [2.05, 4.69) is 0 Å². The summed E-state index contributed by atoms with van der Waals surface area (Å²) in [6.07, 6.45) is -4.06. The van der Waals surface area contributed by atoms with Crippen molar-refractivity contribution in [3.8, 4) is 0 Å². The van der Waals surface area contributed by atoms with Crippen LogP contribution in [0.4, 0.5) is 13.2 Å². The van der Waals surface area contributed by atoms with Gasteiger partial charge >= 0.3 is 6.18 Å². The summed E-state index contributed by atoms with van der Waals surface area (Å²) < 4.78 is 37.3. The summed E-state index contributed by atoms with van der Waals surface area (Å²) in [6, 6.07) is 5.12. The maximum absolute atomic E-state index is 12.4. The van der Waals surface area contributed by atoms with Gasteiger partial charge in [-0.05, 0) is 24.5 Å². The molecule has 0 aromatic heterocycles. The first-order chi connectivity index (χ1) is 7.30. The van der Waals surface area contributed by atoms with Gasteiger partial charge in [-0.3, -0.25) is 0 Å². The van der Waals surface area contributed by atoms with E-state index in [1.165, 1.54) is 13.0 Å². The van der Waals surface area contributed by atoms with Gasteiger partial charge in [0.25, 0.3) is 0 Å². The Morgan fingerprint density at radius 1 is 1.38 bits per heavy atom. The quantitative estimate of drug-likeness (QED) is 0.772. The lowest BCUT2D eigenvalue weighted by atomic mass is 9.94. The smallest absolute Gasteiger partial charge is 0.300 e. The Morgan fingerprint density at radius 2 is 2.00 bits per heavy atom. The number of ketones is 1. The molecule has 0 saturated heterocycles. The normalized spacial score (nSPS) is 13.6. The van der Waals surface area contributed by atoms with Crippen LogP contribution in [0.5, 0.6) is 0 Å². The molecule has 1 aromatic carbocycles. The molecular weight excluding hydrogens is 217 g/mol. The minimum absolute atomic E-state index is 0.0232. The van der Waals surface area contributed by atoms with E-state index in [4.69, 9.17) is 0 Å². The molecule has 1 aromatic rings. The Morgan fingerprint density at radius 3 is 2.50 bits per heavy atom. The molecule has 0 aliphatic rings. The van der Waals surface area contributed by atoms with E-state index in [-0.39, 0.29) is 18.1 Å². The molecule has 0 saturated carbocycles. The number of carbonyl (C=O) groups is 1. The second-order valence-electron chi connectivity index (χ2n) is 3.93. The van der Waals surface area contributed by atoms with Crippen molar-refractivity contribution in [2.75, 3.05) is 0 Å². The maximum atomic E-state index is 12.4. The second kappa shape index (κ2) is 4.68. The molecule has 0 bridgehead atoms. The molecule has 0 amide bonds. The standard InChI is InChI=1S/C12H13F3O/c1-8(6-9(2)16)10-4-3-5-11(7-10)12(13,14)15/h3-5,7-8H,6H2,1-2H3. The van der Waals surface area contributed by atoms with Crippen LogP contribution in [0.2, 0.25) is 0 Å². The van der Waals surface area contributed by atoms with Crippen LogP contribution in [0, 0.1) is 0 Å². The first kappa shape index (κ1) is 12.7. The molecule has 0 N–H and O–H groups in total. The van der Waals surface area contributed by atoms with Crippen LogP contribution in [-0.2, 0) is 11.0 Å². The Labute approximate surface area is 92.3 Å². The first-order valence-electron chi connectivity index (χ1n) is 4.97. The Hall–Kier alpha value is -1.32. The zero-order chi connectivity index (χ0) is 12.3. The van der Waals surface area contributed by atoms with Gasteiger partial charge < -0.3 is 4.79 Å². The summed E-state index contributed by atoms with van der Waals surface area (Å²) in [5.41, 5.74) is -0.120. The summed E-state index contributed by atoms with van der Waals surface area (Å²) in [5.74, 6) is -0.204. The topological polar surface area (TPSA) is 17.1 Å². The van der Waals surface area contributed by atoms with Crippen LogP contribution in [0.15, 0.2) is 24.3 Å². The lowest BCUT2D eigenvalue weighted by molar-refractivity contribution is -0.137. The summed E-state index contributed by atoms with van der Waals surface area (Å²) >= 11 is 0. The number of hydrogen-bond donors (Lipinski definition) is 0. The van der Waals surface area contributed by atoms with E-state index in [1.807, 2.05) is 0 Å². The van der Waals surface area contributed by atoms with Gasteiger partial charge in [0.2, 0.25) is 0 Å². The van der Waals surface area contributed by atoms with Crippen LogP contribution in [0.3, 0.4) is 0 Å². The number of alkyl halides is 3. The highest BCUT2D eigenvalue weighted by Gasteiger charge is 2.30. The fourth-order valence-electron chi connectivity index (χ4n) is 1.57. The third-order valence-electron chi connectivity index (χ3n) is 2.38. The lowest BCUT2D eigenvalue weighted by Gasteiger charge is -2.13. The van der Waals surface area contributed by atoms with Crippen molar-refractivity contribution < 1.29 is 18.0 Å². The van der Waals surface area contributed by atoms with Gasteiger partial charge in [0.15, 0.2) is 0 Å². The molecule has 88 valence electrons. The number of hydrogen-bond acceptors (Lipinski definition) is 1. The van der Waals surface area contributed by atoms with E-state index in [9.17, 15) is 18.0 Å². The predicted molar refractivity (Wildman–Crippen MR) is 55.2 cm³/mol. The van der Waals surface area contributed by atoms with E-state index in [1.54, 1.807) is 13.0 Å². The average Bonchev–Trinajstić information content (AvgIpc) is 2.15. The minimum atomic E-state index is -4.33. The molecule has 1 rings (SSSR count). The Kier molecular flexibility index (Phi) is 3.73. The molecule has 1 unspecified atom stereocenters. The largest absolute Gasteiger partial charge is 0.416 e. The highest BCUT2D eigenvalue weighted by molar-refractivity contribution is 5.76. The van der Waals surface area contributed by atoms with E-state index in [0.717, 1.165) is 12.1 Å². The lowest BCUT2D eigenvalue weighted by Crippen LogP contribution is -2.07. The molecule has 4 heteroatoms. The SMILES string of the molecule is CC(=O)CC(C)c1cccc(C(F)(F)F)c1. The highest BCUT2D eigenvalue weighted by Crippen LogP contribution is 2.31. The summed E-state index contributed by atoms with van der Waals surface area (Å²) in [5, 5.41) is 0. The maximum Gasteiger partial charge on any atom is 0.416 e. The second-order valence-corrected chi connectivity index (χ2v) is 3.93. The van der Waals surface area contributed by atoms with E-state index >= 15 is 0 Å². The van der Waals surface area contributed by atoms with Crippen LogP contribution >= 0.6 is 0 Å². The van der Waals surface area contributed by atoms with Gasteiger partial charge in [-0.1, -0.05) is 25.1 Å². The third kappa shape index (κ3) is 3.36. The molecule has 1 nitrogen and oxygen atoms in total. The fourth-order valence-corrected chi connectivity index (χ4v) is 1.57. The summed E-state index contributed by atoms with van der Waals surface area (Å²) in [7, 11) is 0. The number of benzene rings is 1. The molecule has 0 aliphatic heterocycles. The van der Waals surface area contributed by atoms with Gasteiger partial charge in [-0.15, -0.1) is 0 Å². The number of carbonyl (C=O) groups excluding carboxylic acids is 1. The molecule has 16 heavy (non-hydrogen) atoms. The highest BCUT2D eigenvalue weighted by atomic mass is 19.4. The summed E-state index contributed by atoms with van der Waals surface area (Å²) in [4.78, 5) is 10.9. The van der Waals surface area contributed by atoms with Gasteiger partial charge in [0.1, 0.15) is 5.78 Å². The number of halogens is 3. The molecular formula is C12H13F3O. The minimum Gasteiger partial charge on any atom is -0.300 e. The molecule has 0 fully saturated rings. The molecule has 0 aliphatic carbocycles. The Bertz CT molecular complexity index is 382. The van der Waals surface area contributed by atoms with Crippen molar-refractivity contribution in [3.63, 3.8) is 0 Å². The Balaban J connectivity index is 2.94. The monoisotopic (exact) mass is 230 g/mol. The van der Waals surface area contributed by atoms with Crippen molar-refractivity contribution in [1.82, 2.24) is 0 Å². The predicted octanol–water partition coefficient (Wildman–Crippen LogP) is 3.79. The van der Waals surface area contributed by atoms with E-state index < -0.39 is 11.7 Å². The van der Waals surface area contributed by atoms with E-state index in [0.29, 0.717) is 5.56 Å². The average molecular weight is 230 g/mol. The van der Waals surface area contributed by atoms with Crippen molar-refractivity contribution in [2.24, 2.45) is 0 Å². The molecule has 0 radical (unpaired) electrons. The zero-order valence-corrected chi connectivity index (χ0v) is 9.14. The molecule has 1 atom stereocenters. The van der Waals surface area contributed by atoms with Crippen LogP contribution < -0.4 is 0 Å². The van der Waals surface area contributed by atoms with Crippen molar-refractivity contribution in [2.45, 2.75) is 32.4 Å². The summed E-state index contributed by atoms with van der Waals surface area (Å²) in [6.45, 7) is 3.18. The van der Waals surface area contributed by atoms with Crippen LogP contribution in [-0.4, -0.2) is 5.78 Å². The van der Waals surface area contributed by atoms with Gasteiger partial charge in [0, 0.05) is 6.42 Å². The molecule has 0 spiro atoms. The van der Waals surface area contributed by atoms with Crippen LogP contribution in [0.25, 0.3) is 0 Å². The molecule has 0 heterocycles.